The third-order valence-corrected chi connectivity index (χ3v) is 5.15. The highest BCUT2D eigenvalue weighted by atomic mass is 16.3. The minimum absolute atomic E-state index is 0.185. The molecule has 0 spiro atoms. The first-order valence-corrected chi connectivity index (χ1v) is 8.06. The van der Waals surface area contributed by atoms with Crippen molar-refractivity contribution in [2.45, 2.75) is 78.0 Å². The summed E-state index contributed by atoms with van der Waals surface area (Å²) >= 11 is 0. The van der Waals surface area contributed by atoms with Gasteiger partial charge < -0.3 is 10.1 Å². The Balaban J connectivity index is 2.00. The van der Waals surface area contributed by atoms with E-state index in [1.165, 1.54) is 25.0 Å². The fourth-order valence-corrected chi connectivity index (χ4v) is 4.16. The van der Waals surface area contributed by atoms with Gasteiger partial charge in [0, 0.05) is 29.5 Å². The summed E-state index contributed by atoms with van der Waals surface area (Å²) in [5, 5.41) is 12.9. The van der Waals surface area contributed by atoms with Crippen LogP contribution < -0.4 is 5.01 Å². The van der Waals surface area contributed by atoms with Crippen LogP contribution in [0.5, 0.6) is 0 Å². The Kier molecular flexibility index (Phi) is 3.36. The molecule has 0 saturated carbocycles. The molecule has 3 atom stereocenters. The molecule has 3 nitrogen and oxygen atoms in total. The van der Waals surface area contributed by atoms with E-state index < -0.39 is 0 Å². The number of fused-ring (bicyclic) bond motifs is 1. The first-order valence-electron chi connectivity index (χ1n) is 8.06. The van der Waals surface area contributed by atoms with E-state index in [9.17, 15) is 5.11 Å². The third-order valence-electron chi connectivity index (χ3n) is 5.15. The van der Waals surface area contributed by atoms with Crippen LogP contribution in [0.3, 0.4) is 0 Å². The lowest BCUT2D eigenvalue weighted by Gasteiger charge is -2.44. The first kappa shape index (κ1) is 14.0. The molecule has 1 aromatic rings. The lowest BCUT2D eigenvalue weighted by atomic mass is 9.75. The van der Waals surface area contributed by atoms with Gasteiger partial charge >= 0.3 is 0 Å². The Morgan fingerprint density at radius 1 is 1.20 bits per heavy atom. The molecule has 2 heterocycles. The van der Waals surface area contributed by atoms with Crippen LogP contribution >= 0.6 is 0 Å². The Morgan fingerprint density at radius 3 is 2.50 bits per heavy atom. The Bertz CT molecular complexity index is 481. The number of nitrogens with zero attached hydrogens (tertiary/aromatic N) is 2. The van der Waals surface area contributed by atoms with Gasteiger partial charge in [0.2, 0.25) is 0 Å². The van der Waals surface area contributed by atoms with E-state index in [0.29, 0.717) is 12.1 Å². The number of aliphatic hydroxyl groups excluding tert-OH is 1. The highest BCUT2D eigenvalue weighted by molar-refractivity contribution is 5.31. The van der Waals surface area contributed by atoms with Gasteiger partial charge in [0.15, 0.2) is 0 Å². The Hall–Kier alpha value is -0.960. The van der Waals surface area contributed by atoms with E-state index in [-0.39, 0.29) is 11.5 Å². The second-order valence-corrected chi connectivity index (χ2v) is 7.63. The van der Waals surface area contributed by atoms with Gasteiger partial charge in [-0.3, -0.25) is 4.68 Å². The van der Waals surface area contributed by atoms with E-state index in [1.807, 2.05) is 0 Å². The molecule has 1 fully saturated rings. The van der Waals surface area contributed by atoms with Crippen LogP contribution in [-0.4, -0.2) is 21.9 Å². The maximum absolute atomic E-state index is 10.4. The summed E-state index contributed by atoms with van der Waals surface area (Å²) < 4.78 is 2.36. The monoisotopic (exact) mass is 276 g/mol. The number of hydrogen-bond donors (Lipinski definition) is 1. The van der Waals surface area contributed by atoms with E-state index >= 15 is 0 Å². The van der Waals surface area contributed by atoms with Gasteiger partial charge in [0.1, 0.15) is 0 Å². The average molecular weight is 276 g/mol. The molecule has 1 aliphatic carbocycles. The fourth-order valence-electron chi connectivity index (χ4n) is 4.16. The van der Waals surface area contributed by atoms with Crippen LogP contribution in [0.4, 0.5) is 0 Å². The van der Waals surface area contributed by atoms with Gasteiger partial charge in [-0.1, -0.05) is 13.8 Å². The second kappa shape index (κ2) is 4.80. The van der Waals surface area contributed by atoms with Crippen molar-refractivity contribution < 1.29 is 5.11 Å². The van der Waals surface area contributed by atoms with Gasteiger partial charge in [0.25, 0.3) is 0 Å². The van der Waals surface area contributed by atoms with Crippen LogP contribution in [0.1, 0.15) is 70.7 Å². The first-order chi connectivity index (χ1) is 9.39. The molecule has 3 heteroatoms. The van der Waals surface area contributed by atoms with Crippen LogP contribution in [0, 0.1) is 5.41 Å². The normalized spacial score (nSPS) is 33.0. The molecule has 0 amide bonds. The molecule has 1 aliphatic heterocycles. The molecule has 1 saturated heterocycles. The number of piperidine rings is 1. The van der Waals surface area contributed by atoms with Crippen molar-refractivity contribution in [1.29, 1.82) is 0 Å². The van der Waals surface area contributed by atoms with Crippen LogP contribution in [-0.2, 0) is 6.42 Å². The van der Waals surface area contributed by atoms with Gasteiger partial charge in [0.05, 0.1) is 6.10 Å². The molecule has 112 valence electrons. The Labute approximate surface area is 122 Å². The van der Waals surface area contributed by atoms with Crippen molar-refractivity contribution in [2.75, 3.05) is 5.01 Å². The molecule has 1 N–H and O–H groups in total. The lowest BCUT2D eigenvalue weighted by Crippen LogP contribution is -2.51. The number of aromatic nitrogens is 1. The maximum atomic E-state index is 10.4. The largest absolute Gasteiger partial charge is 0.388 e. The zero-order valence-electron chi connectivity index (χ0n) is 13.3. The lowest BCUT2D eigenvalue weighted by molar-refractivity contribution is 0.0972. The molecule has 0 bridgehead atoms. The maximum Gasteiger partial charge on any atom is 0.0813 e. The minimum atomic E-state index is -0.301. The van der Waals surface area contributed by atoms with Crippen LogP contribution in [0.15, 0.2) is 12.3 Å². The zero-order valence-corrected chi connectivity index (χ0v) is 13.3. The predicted molar refractivity (Wildman–Crippen MR) is 82.5 cm³/mol. The number of rotatable bonds is 1. The molecule has 3 unspecified atom stereocenters. The van der Waals surface area contributed by atoms with Crippen molar-refractivity contribution in [3.05, 3.63) is 23.5 Å². The van der Waals surface area contributed by atoms with Gasteiger partial charge in [-0.2, -0.15) is 0 Å². The standard InChI is InChI=1S/C17H28N2O/c1-12-6-5-7-13(2)19(12)18-9-8-14-15(18)10-17(3,4)11-16(14)20/h8-9,12-13,16,20H,5-7,10-11H2,1-4H3. The van der Waals surface area contributed by atoms with E-state index in [4.69, 9.17) is 0 Å². The second-order valence-electron chi connectivity index (χ2n) is 7.63. The van der Waals surface area contributed by atoms with Crippen LogP contribution in [0.2, 0.25) is 0 Å². The fraction of sp³-hybridized carbons (Fsp3) is 0.765. The summed E-state index contributed by atoms with van der Waals surface area (Å²) in [4.78, 5) is 0. The average Bonchev–Trinajstić information content (AvgIpc) is 2.71. The molecule has 0 radical (unpaired) electrons. The molecule has 0 aromatic carbocycles. The summed E-state index contributed by atoms with van der Waals surface area (Å²) in [6.45, 7) is 9.18. The minimum Gasteiger partial charge on any atom is -0.388 e. The quantitative estimate of drug-likeness (QED) is 0.851. The molecular weight excluding hydrogens is 248 g/mol. The smallest absolute Gasteiger partial charge is 0.0813 e. The SMILES string of the molecule is CC1CCCC(C)N1n1ccc2c1CC(C)(C)CC2O. The highest BCUT2D eigenvalue weighted by Crippen LogP contribution is 2.41. The van der Waals surface area contributed by atoms with E-state index in [0.717, 1.165) is 18.4 Å². The van der Waals surface area contributed by atoms with E-state index in [1.54, 1.807) is 0 Å². The highest BCUT2D eigenvalue weighted by Gasteiger charge is 2.35. The predicted octanol–water partition coefficient (Wildman–Crippen LogP) is 3.39. The third kappa shape index (κ3) is 2.26. The summed E-state index contributed by atoms with van der Waals surface area (Å²) in [5.41, 5.74) is 2.66. The number of aliphatic hydroxyl groups is 1. The molecular formula is C17H28N2O. The summed E-state index contributed by atoms with van der Waals surface area (Å²) in [5.74, 6) is 0. The van der Waals surface area contributed by atoms with Crippen LogP contribution in [0.25, 0.3) is 0 Å². The number of hydrogen-bond acceptors (Lipinski definition) is 2. The summed E-state index contributed by atoms with van der Waals surface area (Å²) in [7, 11) is 0. The van der Waals surface area contributed by atoms with E-state index in [2.05, 4.69) is 49.6 Å². The van der Waals surface area contributed by atoms with Gasteiger partial charge in [-0.25, -0.2) is 0 Å². The molecule has 3 rings (SSSR count). The van der Waals surface area contributed by atoms with Crippen molar-refractivity contribution in [1.82, 2.24) is 4.68 Å². The Morgan fingerprint density at radius 2 is 1.85 bits per heavy atom. The zero-order chi connectivity index (χ0) is 14.5. The molecule has 2 aliphatic rings. The van der Waals surface area contributed by atoms with Crippen molar-refractivity contribution in [2.24, 2.45) is 5.41 Å². The van der Waals surface area contributed by atoms with Gasteiger partial charge in [-0.15, -0.1) is 0 Å². The topological polar surface area (TPSA) is 28.4 Å². The summed E-state index contributed by atoms with van der Waals surface area (Å²) in [6.07, 6.45) is 7.67. The van der Waals surface area contributed by atoms with Crippen molar-refractivity contribution in [3.63, 3.8) is 0 Å². The van der Waals surface area contributed by atoms with Crippen molar-refractivity contribution >= 4 is 0 Å². The molecule has 20 heavy (non-hydrogen) atoms. The van der Waals surface area contributed by atoms with Gasteiger partial charge in [-0.05, 0) is 57.4 Å². The molecule has 1 aromatic heterocycles. The van der Waals surface area contributed by atoms with Crippen molar-refractivity contribution in [3.8, 4) is 0 Å². The summed E-state index contributed by atoms with van der Waals surface area (Å²) in [6, 6.07) is 3.29.